The molecule has 3 rings (SSSR count). The molecule has 25 heavy (non-hydrogen) atoms. The Bertz CT molecular complexity index is 808. The number of aliphatic imine (C=N–C) groups is 1. The van der Waals surface area contributed by atoms with Crippen molar-refractivity contribution >= 4 is 23.3 Å². The summed E-state index contributed by atoms with van der Waals surface area (Å²) in [5.41, 5.74) is 4.16. The van der Waals surface area contributed by atoms with E-state index in [0.717, 1.165) is 5.56 Å². The van der Waals surface area contributed by atoms with Gasteiger partial charge in [-0.3, -0.25) is 20.0 Å². The van der Waals surface area contributed by atoms with Crippen molar-refractivity contribution in [1.29, 1.82) is 0 Å². The van der Waals surface area contributed by atoms with E-state index in [2.05, 4.69) is 15.7 Å². The second-order valence-corrected chi connectivity index (χ2v) is 5.48. The van der Waals surface area contributed by atoms with Crippen LogP contribution in [0.3, 0.4) is 0 Å². The average Bonchev–Trinajstić information content (AvgIpc) is 2.63. The zero-order valence-corrected chi connectivity index (χ0v) is 13.4. The SMILES string of the molecule is O=C(NCCc1cccc(F)c1)C1=NCC(=O)N(c2ccccc2)N1. The molecule has 0 bridgehead atoms. The van der Waals surface area contributed by atoms with Gasteiger partial charge in [0.25, 0.3) is 11.8 Å². The molecule has 0 spiro atoms. The molecule has 0 radical (unpaired) electrons. The highest BCUT2D eigenvalue weighted by Crippen LogP contribution is 2.13. The van der Waals surface area contributed by atoms with Crippen LogP contribution in [-0.2, 0) is 16.0 Å². The monoisotopic (exact) mass is 340 g/mol. The molecule has 1 heterocycles. The third-order valence-electron chi connectivity index (χ3n) is 3.66. The summed E-state index contributed by atoms with van der Waals surface area (Å²) in [4.78, 5) is 28.2. The molecule has 1 aliphatic rings. The standard InChI is InChI=1S/C18H17FN4O2/c19-14-6-4-5-13(11-14)9-10-20-18(25)17-21-12-16(24)23(22-17)15-7-2-1-3-8-15/h1-8,11H,9-10,12H2,(H,20,25)(H,21,22). The van der Waals surface area contributed by atoms with Crippen LogP contribution < -0.4 is 15.8 Å². The molecule has 0 aromatic heterocycles. The zero-order chi connectivity index (χ0) is 17.6. The summed E-state index contributed by atoms with van der Waals surface area (Å²) >= 11 is 0. The molecular formula is C18H17FN4O2. The first-order valence-electron chi connectivity index (χ1n) is 7.85. The van der Waals surface area contributed by atoms with Crippen molar-refractivity contribution < 1.29 is 14.0 Å². The minimum atomic E-state index is -0.412. The number of rotatable bonds is 5. The lowest BCUT2D eigenvalue weighted by atomic mass is 10.1. The molecule has 2 N–H and O–H groups in total. The molecule has 2 aromatic rings. The van der Waals surface area contributed by atoms with Crippen molar-refractivity contribution in [3.05, 3.63) is 66.0 Å². The van der Waals surface area contributed by atoms with Gasteiger partial charge in [-0.2, -0.15) is 0 Å². The highest BCUT2D eigenvalue weighted by molar-refractivity contribution is 6.39. The third-order valence-corrected chi connectivity index (χ3v) is 3.66. The fourth-order valence-corrected chi connectivity index (χ4v) is 2.43. The van der Waals surface area contributed by atoms with Crippen LogP contribution in [0.5, 0.6) is 0 Å². The number of amidine groups is 1. The number of hydrazine groups is 1. The predicted octanol–water partition coefficient (Wildman–Crippen LogP) is 1.43. The number of nitrogens with zero attached hydrogens (tertiary/aromatic N) is 2. The van der Waals surface area contributed by atoms with E-state index in [1.807, 2.05) is 6.07 Å². The van der Waals surface area contributed by atoms with Gasteiger partial charge in [0.15, 0.2) is 0 Å². The molecule has 7 heteroatoms. The lowest BCUT2D eigenvalue weighted by Crippen LogP contribution is -2.55. The summed E-state index contributed by atoms with van der Waals surface area (Å²) in [5, 5.41) is 4.01. The van der Waals surface area contributed by atoms with E-state index in [4.69, 9.17) is 0 Å². The second-order valence-electron chi connectivity index (χ2n) is 5.48. The van der Waals surface area contributed by atoms with E-state index in [0.29, 0.717) is 18.7 Å². The maximum atomic E-state index is 13.1. The largest absolute Gasteiger partial charge is 0.349 e. The van der Waals surface area contributed by atoms with Crippen molar-refractivity contribution in [3.63, 3.8) is 0 Å². The first kappa shape index (κ1) is 16.6. The van der Waals surface area contributed by atoms with Gasteiger partial charge in [-0.05, 0) is 36.2 Å². The molecule has 0 saturated carbocycles. The number of hydrogen-bond donors (Lipinski definition) is 2. The molecule has 0 fully saturated rings. The van der Waals surface area contributed by atoms with Crippen LogP contribution in [0.25, 0.3) is 0 Å². The van der Waals surface area contributed by atoms with E-state index in [-0.39, 0.29) is 24.1 Å². The molecule has 1 aliphatic heterocycles. The lowest BCUT2D eigenvalue weighted by molar-refractivity contribution is -0.118. The van der Waals surface area contributed by atoms with Gasteiger partial charge in [-0.25, -0.2) is 9.40 Å². The Balaban J connectivity index is 1.58. The first-order valence-corrected chi connectivity index (χ1v) is 7.85. The van der Waals surface area contributed by atoms with Gasteiger partial charge in [-0.1, -0.05) is 30.3 Å². The summed E-state index contributed by atoms with van der Waals surface area (Å²) in [6.07, 6.45) is 0.498. The van der Waals surface area contributed by atoms with Crippen molar-refractivity contribution in [2.45, 2.75) is 6.42 Å². The number of hydrogen-bond acceptors (Lipinski definition) is 4. The van der Waals surface area contributed by atoms with Crippen molar-refractivity contribution in [1.82, 2.24) is 10.7 Å². The van der Waals surface area contributed by atoms with Crippen LogP contribution in [0, 0.1) is 5.82 Å². The molecular weight excluding hydrogens is 323 g/mol. The van der Waals surface area contributed by atoms with Crippen molar-refractivity contribution in [3.8, 4) is 0 Å². The van der Waals surface area contributed by atoms with Gasteiger partial charge in [0.05, 0.1) is 5.69 Å². The number of para-hydroxylation sites is 1. The van der Waals surface area contributed by atoms with Crippen LogP contribution >= 0.6 is 0 Å². The Kier molecular flexibility index (Phi) is 5.03. The Hall–Kier alpha value is -3.22. The summed E-state index contributed by atoms with van der Waals surface area (Å²) in [7, 11) is 0. The Morgan fingerprint density at radius 3 is 2.76 bits per heavy atom. The van der Waals surface area contributed by atoms with Gasteiger partial charge in [0.2, 0.25) is 5.84 Å². The Morgan fingerprint density at radius 1 is 1.20 bits per heavy atom. The summed E-state index contributed by atoms with van der Waals surface area (Å²) in [6, 6.07) is 15.2. The number of nitrogens with one attached hydrogen (secondary N) is 2. The van der Waals surface area contributed by atoms with Gasteiger partial charge >= 0.3 is 0 Å². The molecule has 0 saturated heterocycles. The van der Waals surface area contributed by atoms with Gasteiger partial charge in [0.1, 0.15) is 12.4 Å². The van der Waals surface area contributed by atoms with E-state index in [1.165, 1.54) is 17.1 Å². The highest BCUT2D eigenvalue weighted by Gasteiger charge is 2.25. The fourth-order valence-electron chi connectivity index (χ4n) is 2.43. The molecule has 0 aliphatic carbocycles. The van der Waals surface area contributed by atoms with E-state index < -0.39 is 5.91 Å². The molecule has 128 valence electrons. The summed E-state index contributed by atoms with van der Waals surface area (Å²) in [5.74, 6) is -0.894. The maximum absolute atomic E-state index is 13.1. The molecule has 2 amide bonds. The van der Waals surface area contributed by atoms with Crippen LogP contribution in [0.2, 0.25) is 0 Å². The van der Waals surface area contributed by atoms with Crippen LogP contribution in [0.4, 0.5) is 10.1 Å². The predicted molar refractivity (Wildman–Crippen MR) is 92.5 cm³/mol. The van der Waals surface area contributed by atoms with Crippen molar-refractivity contribution in [2.24, 2.45) is 4.99 Å². The molecule has 0 unspecified atom stereocenters. The van der Waals surface area contributed by atoms with Gasteiger partial charge in [-0.15, -0.1) is 0 Å². The second kappa shape index (κ2) is 7.57. The maximum Gasteiger partial charge on any atom is 0.288 e. The average molecular weight is 340 g/mol. The minimum absolute atomic E-state index is 0.0719. The van der Waals surface area contributed by atoms with E-state index >= 15 is 0 Å². The van der Waals surface area contributed by atoms with Gasteiger partial charge in [0, 0.05) is 6.54 Å². The third kappa shape index (κ3) is 4.20. The molecule has 0 atom stereocenters. The van der Waals surface area contributed by atoms with Crippen molar-refractivity contribution in [2.75, 3.05) is 18.1 Å². The molecule has 2 aromatic carbocycles. The number of carbonyl (C=O) groups is 2. The Morgan fingerprint density at radius 2 is 2.00 bits per heavy atom. The van der Waals surface area contributed by atoms with Crippen LogP contribution in [0.15, 0.2) is 59.6 Å². The summed E-state index contributed by atoms with van der Waals surface area (Å²) < 4.78 is 13.1. The zero-order valence-electron chi connectivity index (χ0n) is 13.4. The smallest absolute Gasteiger partial charge is 0.288 e. The minimum Gasteiger partial charge on any atom is -0.349 e. The fraction of sp³-hybridized carbons (Fsp3) is 0.167. The Labute approximate surface area is 144 Å². The normalized spacial score (nSPS) is 13.9. The number of anilines is 1. The molecule has 6 nitrogen and oxygen atoms in total. The van der Waals surface area contributed by atoms with Crippen LogP contribution in [0.1, 0.15) is 5.56 Å². The number of carbonyl (C=O) groups excluding carboxylic acids is 2. The number of halogens is 1. The first-order chi connectivity index (χ1) is 12.1. The number of amides is 2. The number of benzene rings is 2. The topological polar surface area (TPSA) is 73.8 Å². The highest BCUT2D eigenvalue weighted by atomic mass is 19.1. The van der Waals surface area contributed by atoms with E-state index in [1.54, 1.807) is 36.4 Å². The van der Waals surface area contributed by atoms with E-state index in [9.17, 15) is 14.0 Å². The lowest BCUT2D eigenvalue weighted by Gasteiger charge is -2.27. The van der Waals surface area contributed by atoms with Crippen LogP contribution in [-0.4, -0.2) is 30.7 Å². The van der Waals surface area contributed by atoms with Gasteiger partial charge < -0.3 is 5.32 Å². The summed E-state index contributed by atoms with van der Waals surface area (Å²) in [6.45, 7) is 0.233. The quantitative estimate of drug-likeness (QED) is 0.865.